The van der Waals surface area contributed by atoms with Gasteiger partial charge < -0.3 is 61.2 Å². The highest BCUT2D eigenvalue weighted by molar-refractivity contribution is 5.85. The lowest BCUT2D eigenvalue weighted by molar-refractivity contribution is -0.344. The molecule has 152 valence electrons. The number of ether oxygens (including phenoxy) is 3. The van der Waals surface area contributed by atoms with E-state index in [9.17, 15) is 30.6 Å². The second-order valence-electron chi connectivity index (χ2n) is 5.61. The van der Waals surface area contributed by atoms with Gasteiger partial charge in [0.05, 0.1) is 19.3 Å². The summed E-state index contributed by atoms with van der Waals surface area (Å²) in [5.74, 6) is 0. The van der Waals surface area contributed by atoms with E-state index in [2.05, 4.69) is 0 Å². The predicted molar refractivity (Wildman–Crippen MR) is 81.4 cm³/mol. The van der Waals surface area contributed by atoms with Gasteiger partial charge in [-0.15, -0.1) is 12.4 Å². The molecule has 10 atom stereocenters. The Morgan fingerprint density at radius 2 is 1.36 bits per heavy atom. The Labute approximate surface area is 149 Å². The van der Waals surface area contributed by atoms with Crippen molar-refractivity contribution in [3.8, 4) is 0 Å². The summed E-state index contributed by atoms with van der Waals surface area (Å²) in [5.41, 5.74) is 5.55. The molecule has 0 aromatic carbocycles. The van der Waals surface area contributed by atoms with Gasteiger partial charge >= 0.3 is 0 Å². The summed E-state index contributed by atoms with van der Waals surface area (Å²) in [7, 11) is 0. The maximum absolute atomic E-state index is 10.1. The third kappa shape index (κ3) is 4.95. The van der Waals surface area contributed by atoms with Gasteiger partial charge in [-0.25, -0.2) is 0 Å². The van der Waals surface area contributed by atoms with Crippen molar-refractivity contribution in [2.45, 2.75) is 61.3 Å². The monoisotopic (exact) mass is 395 g/mol. The number of aliphatic hydroxyl groups is 7. The van der Waals surface area contributed by atoms with Gasteiger partial charge in [0.2, 0.25) is 0 Å². The maximum atomic E-state index is 10.1. The molecule has 0 spiro atoms. The van der Waals surface area contributed by atoms with Crippen LogP contribution in [0.15, 0.2) is 0 Å². The number of nitrogens with two attached hydrogens (primary N) is 1. The van der Waals surface area contributed by atoms with Crippen molar-refractivity contribution < 1.29 is 55.4 Å². The molecular weight excluding hydrogens is 370 g/mol. The largest absolute Gasteiger partial charge is 0.412 e. The summed E-state index contributed by atoms with van der Waals surface area (Å²) in [6.07, 6.45) is -13.0. The number of hydrogen-bond donors (Lipinski definition) is 8. The number of rotatable bonds is 4. The van der Waals surface area contributed by atoms with Crippen molar-refractivity contribution >= 4 is 12.4 Å². The van der Waals surface area contributed by atoms with Crippen LogP contribution in [0.25, 0.3) is 0 Å². The minimum atomic E-state index is -1.68. The lowest BCUT2D eigenvalue weighted by atomic mass is 9.96. The van der Waals surface area contributed by atoms with Gasteiger partial charge in [-0.3, -0.25) is 0 Å². The van der Waals surface area contributed by atoms with E-state index in [0.29, 0.717) is 0 Å². The fourth-order valence-electron chi connectivity index (χ4n) is 2.60. The van der Waals surface area contributed by atoms with Crippen LogP contribution in [0.4, 0.5) is 0 Å². The standard InChI is InChI=1S/C12H23NO10.ClH.H2O/c13-5-7(17)10(4(2-15)21-11(5)20)23-12-9(19)8(18)6(16)3(1-14)22-12;;/h3-12,14-20H,1-2,13H2;1H;1H2/t3-,4-,5-,6+,7-,8+,9-,10-,11+,12+;;/m1../s1. The summed E-state index contributed by atoms with van der Waals surface area (Å²) in [5, 5.41) is 67.3. The molecule has 2 aliphatic rings. The van der Waals surface area contributed by atoms with E-state index in [-0.39, 0.29) is 17.9 Å². The van der Waals surface area contributed by atoms with E-state index in [1.807, 2.05) is 0 Å². The molecule has 0 radical (unpaired) electrons. The van der Waals surface area contributed by atoms with Crippen LogP contribution in [-0.4, -0.2) is 116 Å². The molecule has 0 saturated carbocycles. The molecule has 2 aliphatic heterocycles. The minimum Gasteiger partial charge on any atom is -0.412 e. The molecule has 25 heavy (non-hydrogen) atoms. The SMILES string of the molecule is Cl.N[C@@H]1[C@@H](O)[C@H](O[C@@H]2O[C@H](CO)[C@H](O)[C@H](O)[C@H]2O)[C@@H](CO)O[C@@H]1O.O. The molecule has 11 N–H and O–H groups in total. The van der Waals surface area contributed by atoms with Gasteiger partial charge in [-0.05, 0) is 0 Å². The van der Waals surface area contributed by atoms with E-state index >= 15 is 0 Å². The Hall–Kier alpha value is -0.190. The topological polar surface area (TPSA) is 227 Å². The van der Waals surface area contributed by atoms with Gasteiger partial charge in [0.15, 0.2) is 12.6 Å². The molecule has 0 amide bonds. The van der Waals surface area contributed by atoms with Crippen LogP contribution in [-0.2, 0) is 14.2 Å². The fourth-order valence-corrected chi connectivity index (χ4v) is 2.60. The quantitative estimate of drug-likeness (QED) is 0.223. The first-order valence-electron chi connectivity index (χ1n) is 7.15. The normalized spacial score (nSPS) is 47.5. The first-order chi connectivity index (χ1) is 10.8. The number of hydrogen-bond acceptors (Lipinski definition) is 11. The first-order valence-corrected chi connectivity index (χ1v) is 7.15. The molecule has 13 heteroatoms. The van der Waals surface area contributed by atoms with E-state index in [1.165, 1.54) is 0 Å². The van der Waals surface area contributed by atoms with E-state index in [4.69, 9.17) is 25.1 Å². The Kier molecular flexibility index (Phi) is 10.1. The average Bonchev–Trinajstić information content (AvgIpc) is 2.55. The third-order valence-corrected chi connectivity index (χ3v) is 4.06. The van der Waals surface area contributed by atoms with Crippen molar-refractivity contribution in [1.29, 1.82) is 0 Å². The molecule has 2 fully saturated rings. The van der Waals surface area contributed by atoms with Gasteiger partial charge in [-0.2, -0.15) is 0 Å². The van der Waals surface area contributed by atoms with Gasteiger partial charge in [-0.1, -0.05) is 0 Å². The Morgan fingerprint density at radius 1 is 0.800 bits per heavy atom. The van der Waals surface area contributed by atoms with Crippen LogP contribution in [0.3, 0.4) is 0 Å². The second-order valence-corrected chi connectivity index (χ2v) is 5.61. The van der Waals surface area contributed by atoms with Crippen molar-refractivity contribution in [2.24, 2.45) is 5.73 Å². The molecule has 12 nitrogen and oxygen atoms in total. The average molecular weight is 396 g/mol. The lowest BCUT2D eigenvalue weighted by Gasteiger charge is -2.45. The highest BCUT2D eigenvalue weighted by Crippen LogP contribution is 2.27. The van der Waals surface area contributed by atoms with Crippen LogP contribution in [0.1, 0.15) is 0 Å². The van der Waals surface area contributed by atoms with Crippen LogP contribution in [0, 0.1) is 0 Å². The van der Waals surface area contributed by atoms with Gasteiger partial charge in [0.1, 0.15) is 42.7 Å². The summed E-state index contributed by atoms with van der Waals surface area (Å²) >= 11 is 0. The lowest BCUT2D eigenvalue weighted by Crippen LogP contribution is -2.66. The van der Waals surface area contributed by atoms with Crippen LogP contribution < -0.4 is 5.73 Å². The highest BCUT2D eigenvalue weighted by Gasteiger charge is 2.49. The van der Waals surface area contributed by atoms with Crippen molar-refractivity contribution in [2.75, 3.05) is 13.2 Å². The zero-order valence-corrected chi connectivity index (χ0v) is 13.8. The zero-order valence-electron chi connectivity index (χ0n) is 13.0. The zero-order chi connectivity index (χ0) is 17.3. The molecule has 2 rings (SSSR count). The minimum absolute atomic E-state index is 0. The number of aliphatic hydroxyl groups excluding tert-OH is 7. The predicted octanol–water partition coefficient (Wildman–Crippen LogP) is -5.83. The van der Waals surface area contributed by atoms with Crippen molar-refractivity contribution in [3.63, 3.8) is 0 Å². The Balaban J connectivity index is 0.00000288. The first kappa shape index (κ1) is 24.8. The van der Waals surface area contributed by atoms with E-state index in [0.717, 1.165) is 0 Å². The summed E-state index contributed by atoms with van der Waals surface area (Å²) in [6, 6.07) is -1.23. The third-order valence-electron chi connectivity index (χ3n) is 4.06. The van der Waals surface area contributed by atoms with E-state index in [1.54, 1.807) is 0 Å². The summed E-state index contributed by atoms with van der Waals surface area (Å²) < 4.78 is 15.5. The van der Waals surface area contributed by atoms with Crippen LogP contribution >= 0.6 is 12.4 Å². The molecule has 0 unspecified atom stereocenters. The Bertz CT molecular complexity index is 390. The van der Waals surface area contributed by atoms with Gasteiger partial charge in [0, 0.05) is 0 Å². The maximum Gasteiger partial charge on any atom is 0.187 e. The fraction of sp³-hybridized carbons (Fsp3) is 1.00. The smallest absolute Gasteiger partial charge is 0.187 e. The van der Waals surface area contributed by atoms with Gasteiger partial charge in [0.25, 0.3) is 0 Å². The van der Waals surface area contributed by atoms with Crippen molar-refractivity contribution in [1.82, 2.24) is 0 Å². The molecule has 0 bridgehead atoms. The summed E-state index contributed by atoms with van der Waals surface area (Å²) in [6.45, 7) is -1.26. The molecule has 2 heterocycles. The number of halogens is 1. The molecular formula is C12H26ClNO11. The highest BCUT2D eigenvalue weighted by atomic mass is 35.5. The van der Waals surface area contributed by atoms with Crippen molar-refractivity contribution in [3.05, 3.63) is 0 Å². The summed E-state index contributed by atoms with van der Waals surface area (Å²) in [4.78, 5) is 0. The van der Waals surface area contributed by atoms with Crippen LogP contribution in [0.2, 0.25) is 0 Å². The van der Waals surface area contributed by atoms with Crippen LogP contribution in [0.5, 0.6) is 0 Å². The molecule has 0 aromatic rings. The second kappa shape index (κ2) is 10.2. The molecule has 0 aromatic heterocycles. The molecule has 2 saturated heterocycles. The van der Waals surface area contributed by atoms with E-state index < -0.39 is 74.6 Å². The molecule has 0 aliphatic carbocycles. The Morgan fingerprint density at radius 3 is 1.88 bits per heavy atom.